The maximum absolute atomic E-state index is 12.9. The minimum atomic E-state index is -0.645. The molecule has 7 rings (SSSR count). The van der Waals surface area contributed by atoms with E-state index in [2.05, 4.69) is 19.8 Å². The van der Waals surface area contributed by atoms with Crippen LogP contribution in [0.2, 0.25) is 0 Å². The number of ether oxygens (including phenoxy) is 1. The molecule has 13 nitrogen and oxygen atoms in total. The van der Waals surface area contributed by atoms with Gasteiger partial charge in [-0.3, -0.25) is 9.59 Å². The number of nitrogens with zero attached hydrogens (tertiary/aromatic N) is 6. The van der Waals surface area contributed by atoms with Crippen LogP contribution in [0.1, 0.15) is 47.4 Å². The van der Waals surface area contributed by atoms with E-state index in [0.717, 1.165) is 36.1 Å². The van der Waals surface area contributed by atoms with Crippen molar-refractivity contribution in [3.63, 3.8) is 0 Å². The second-order valence-corrected chi connectivity index (χ2v) is 12.2. The number of carbonyl (C=O) groups excluding carboxylic acids is 1. The molecular weight excluding hydrogens is 578 g/mol. The van der Waals surface area contributed by atoms with Gasteiger partial charge in [0.15, 0.2) is 17.1 Å². The Hall–Kier alpha value is -3.92. The van der Waals surface area contributed by atoms with Crippen LogP contribution in [0.25, 0.3) is 26.4 Å². The quantitative estimate of drug-likeness (QED) is 0.247. The van der Waals surface area contributed by atoms with Gasteiger partial charge in [-0.1, -0.05) is 12.8 Å². The first-order valence-corrected chi connectivity index (χ1v) is 15.5. The summed E-state index contributed by atoms with van der Waals surface area (Å²) in [5.41, 5.74) is 15.1. The Kier molecular flexibility index (Phi) is 7.09. The summed E-state index contributed by atoms with van der Waals surface area (Å²) in [7, 11) is 0. The molecule has 5 N–H and O–H groups in total. The summed E-state index contributed by atoms with van der Waals surface area (Å²) >= 11 is 2.64. The lowest BCUT2D eigenvalue weighted by atomic mass is 9.91. The van der Waals surface area contributed by atoms with Gasteiger partial charge in [0, 0.05) is 48.6 Å². The average Bonchev–Trinajstić information content (AvgIpc) is 3.75. The number of fused-ring (bicyclic) bond motifs is 2. The molecule has 0 radical (unpaired) electrons. The van der Waals surface area contributed by atoms with E-state index >= 15 is 0 Å². The summed E-state index contributed by atoms with van der Waals surface area (Å²) in [5, 5.41) is 9.65. The number of carbonyl (C=O) groups is 1. The number of hydrogen-bond donors (Lipinski definition) is 3. The van der Waals surface area contributed by atoms with Gasteiger partial charge >= 0.3 is 0 Å². The van der Waals surface area contributed by atoms with Crippen LogP contribution in [0, 0.1) is 0 Å². The van der Waals surface area contributed by atoms with Crippen LogP contribution in [0.3, 0.4) is 0 Å². The third-order valence-corrected chi connectivity index (χ3v) is 9.64. The minimum Gasteiger partial charge on any atom is -0.439 e. The van der Waals surface area contributed by atoms with E-state index in [4.69, 9.17) is 25.6 Å². The number of morpholine rings is 1. The van der Waals surface area contributed by atoms with E-state index in [1.165, 1.54) is 33.7 Å². The maximum atomic E-state index is 12.9. The van der Waals surface area contributed by atoms with Gasteiger partial charge in [0.2, 0.25) is 11.4 Å². The van der Waals surface area contributed by atoms with Crippen molar-refractivity contribution in [2.24, 2.45) is 11.5 Å². The van der Waals surface area contributed by atoms with Crippen molar-refractivity contribution < 1.29 is 13.9 Å². The number of primary amides is 1. The van der Waals surface area contributed by atoms with Gasteiger partial charge in [-0.25, -0.2) is 9.97 Å². The Morgan fingerprint density at radius 3 is 2.83 bits per heavy atom. The molecule has 1 saturated heterocycles. The Labute approximate surface area is 247 Å². The highest BCUT2D eigenvalue weighted by atomic mass is 32.1. The summed E-state index contributed by atoms with van der Waals surface area (Å²) in [6.07, 6.45) is 5.64. The molecule has 2 fully saturated rings. The zero-order valence-electron chi connectivity index (χ0n) is 22.6. The first-order valence-electron chi connectivity index (χ1n) is 13.8. The largest absolute Gasteiger partial charge is 0.439 e. The maximum Gasteiger partial charge on any atom is 0.254 e. The van der Waals surface area contributed by atoms with Crippen LogP contribution in [0.5, 0.6) is 0 Å². The third-order valence-electron chi connectivity index (χ3n) is 7.81. The summed E-state index contributed by atoms with van der Waals surface area (Å²) in [6.45, 7) is 2.49. The van der Waals surface area contributed by atoms with Crippen molar-refractivity contribution in [1.82, 2.24) is 24.0 Å². The lowest BCUT2D eigenvalue weighted by Gasteiger charge is -2.29. The first-order chi connectivity index (χ1) is 20.5. The second-order valence-electron chi connectivity index (χ2n) is 10.5. The average molecular weight is 608 g/mol. The smallest absolute Gasteiger partial charge is 0.254 e. The fourth-order valence-corrected chi connectivity index (χ4v) is 7.39. The van der Waals surface area contributed by atoms with Gasteiger partial charge in [-0.05, 0) is 30.4 Å². The monoisotopic (exact) mass is 607 g/mol. The van der Waals surface area contributed by atoms with E-state index in [9.17, 15) is 9.59 Å². The number of thiophene rings is 1. The molecule has 0 spiro atoms. The Bertz CT molecular complexity index is 1840. The lowest BCUT2D eigenvalue weighted by Crippen LogP contribution is -2.43. The van der Waals surface area contributed by atoms with Gasteiger partial charge < -0.3 is 30.8 Å². The van der Waals surface area contributed by atoms with Crippen LogP contribution in [0.15, 0.2) is 33.1 Å². The molecule has 2 aliphatic rings. The highest BCUT2D eigenvalue weighted by Gasteiger charge is 2.27. The second kappa shape index (κ2) is 11.1. The van der Waals surface area contributed by atoms with Crippen LogP contribution < -0.4 is 27.1 Å². The molecule has 42 heavy (non-hydrogen) atoms. The number of nitrogens with one attached hydrogen (secondary N) is 1. The number of nitrogens with two attached hydrogens (primary N) is 2. The molecule has 1 amide bonds. The van der Waals surface area contributed by atoms with Crippen LogP contribution in [-0.4, -0.2) is 68.2 Å². The topological polar surface area (TPSA) is 180 Å². The molecule has 5 aromatic heterocycles. The molecule has 218 valence electrons. The molecule has 0 unspecified atom stereocenters. The van der Waals surface area contributed by atoms with E-state index in [1.807, 2.05) is 16.3 Å². The Balaban J connectivity index is 1.23. The van der Waals surface area contributed by atoms with Crippen LogP contribution in [-0.2, 0) is 11.2 Å². The van der Waals surface area contributed by atoms with Gasteiger partial charge in [-0.15, -0.1) is 11.3 Å². The third kappa shape index (κ3) is 4.91. The zero-order valence-corrected chi connectivity index (χ0v) is 24.2. The number of rotatable bonds is 7. The van der Waals surface area contributed by atoms with Crippen molar-refractivity contribution in [3.05, 3.63) is 51.0 Å². The van der Waals surface area contributed by atoms with E-state index in [-0.39, 0.29) is 29.5 Å². The van der Waals surface area contributed by atoms with Crippen LogP contribution >= 0.6 is 22.9 Å². The van der Waals surface area contributed by atoms with Crippen molar-refractivity contribution >= 4 is 56.5 Å². The molecule has 6 heterocycles. The Morgan fingerprint density at radius 1 is 1.19 bits per heavy atom. The molecule has 15 heteroatoms. The Morgan fingerprint density at radius 2 is 2.02 bits per heavy atom. The van der Waals surface area contributed by atoms with Crippen molar-refractivity contribution in [2.75, 3.05) is 36.5 Å². The fraction of sp³-hybridized carbons (Fsp3) is 0.407. The molecule has 1 saturated carbocycles. The highest BCUT2D eigenvalue weighted by Crippen LogP contribution is 2.37. The van der Waals surface area contributed by atoms with E-state index < -0.39 is 5.91 Å². The van der Waals surface area contributed by atoms with Gasteiger partial charge in [0.1, 0.15) is 16.6 Å². The SMILES string of the molecule is NC(=O)c1c(Cc2cc(-c3csc4c(=O)cc(N5CCOCC5)oc34)sn2)nc(N[C@H]2CCCC[C@H]2N)n2ncnc12. The number of hydrogen-bond acceptors (Lipinski definition) is 13. The van der Waals surface area contributed by atoms with Crippen molar-refractivity contribution in [1.29, 1.82) is 0 Å². The molecule has 2 atom stereocenters. The summed E-state index contributed by atoms with van der Waals surface area (Å²) < 4.78 is 18.4. The normalized spacial score (nSPS) is 19.5. The minimum absolute atomic E-state index is 0.0104. The van der Waals surface area contributed by atoms with Gasteiger partial charge in [0.05, 0.1) is 29.5 Å². The summed E-state index contributed by atoms with van der Waals surface area (Å²) in [5.74, 6) is 0.351. The number of anilines is 2. The fourth-order valence-electron chi connectivity index (χ4n) is 5.64. The van der Waals surface area contributed by atoms with Crippen molar-refractivity contribution in [3.8, 4) is 10.4 Å². The summed E-state index contributed by atoms with van der Waals surface area (Å²) in [6, 6.07) is 3.50. The molecule has 5 aromatic rings. The highest BCUT2D eigenvalue weighted by molar-refractivity contribution is 7.18. The van der Waals surface area contributed by atoms with Crippen molar-refractivity contribution in [2.45, 2.75) is 44.2 Å². The molecule has 0 aromatic carbocycles. The number of aromatic nitrogens is 5. The standard InChI is InChI=1S/C27H29N9O4S2/c28-16-3-1-2-4-17(16)32-27-33-18(22(25(29)38)26-30-13-31-36(26)27)9-14-10-20(42-34-14)15-12-41-24-19(37)11-21(40-23(15)24)35-5-7-39-8-6-35/h10-13,16-17H,1-9,28H2,(H2,29,38)(H,32,33)/t16-,17+/m1/s1. The predicted molar refractivity (Wildman–Crippen MR) is 160 cm³/mol. The zero-order chi connectivity index (χ0) is 28.8. The van der Waals surface area contributed by atoms with Gasteiger partial charge in [-0.2, -0.15) is 14.0 Å². The van der Waals surface area contributed by atoms with E-state index in [0.29, 0.717) is 65.5 Å². The molecule has 1 aliphatic heterocycles. The summed E-state index contributed by atoms with van der Waals surface area (Å²) in [4.78, 5) is 37.5. The predicted octanol–water partition coefficient (Wildman–Crippen LogP) is 2.62. The number of amides is 1. The van der Waals surface area contributed by atoms with Crippen LogP contribution in [0.4, 0.5) is 11.8 Å². The molecular formula is C27H29N9O4S2. The molecule has 1 aliphatic carbocycles. The lowest BCUT2D eigenvalue weighted by molar-refractivity contribution is 0.1000. The first kappa shape index (κ1) is 26.9. The molecule has 0 bridgehead atoms. The van der Waals surface area contributed by atoms with E-state index in [1.54, 1.807) is 6.07 Å². The van der Waals surface area contributed by atoms with Gasteiger partial charge in [0.25, 0.3) is 5.91 Å².